The summed E-state index contributed by atoms with van der Waals surface area (Å²) in [5.41, 5.74) is 0.931. The number of ether oxygens (including phenoxy) is 4. The van der Waals surface area contributed by atoms with E-state index in [4.69, 9.17) is 18.9 Å². The van der Waals surface area contributed by atoms with Crippen molar-refractivity contribution in [2.24, 2.45) is 0 Å². The van der Waals surface area contributed by atoms with E-state index in [-0.39, 0.29) is 29.5 Å². The van der Waals surface area contributed by atoms with E-state index in [2.05, 4.69) is 0 Å². The molecule has 0 aliphatic carbocycles. The van der Waals surface area contributed by atoms with Gasteiger partial charge in [0.2, 0.25) is 12.3 Å². The second-order valence-corrected chi connectivity index (χ2v) is 6.10. The number of hydrogen-bond donors (Lipinski definition) is 1. The van der Waals surface area contributed by atoms with Gasteiger partial charge in [-0.15, -0.1) is 0 Å². The minimum Gasteiger partial charge on any atom is -1.00 e. The molecule has 2 aromatic heterocycles. The van der Waals surface area contributed by atoms with Crippen molar-refractivity contribution in [1.29, 1.82) is 0 Å². The van der Waals surface area contributed by atoms with E-state index in [1.165, 1.54) is 7.11 Å². The van der Waals surface area contributed by atoms with E-state index in [0.717, 1.165) is 27.4 Å². The van der Waals surface area contributed by atoms with Gasteiger partial charge < -0.3 is 41.0 Å². The highest BCUT2D eigenvalue weighted by atomic mass is 79.9. The molecule has 1 N–H and O–H groups in total. The highest BCUT2D eigenvalue weighted by Gasteiger charge is 2.25. The number of fused-ring (bicyclic) bond motifs is 6. The molecule has 0 spiro atoms. The predicted molar refractivity (Wildman–Crippen MR) is 95.5 cm³/mol. The molecular formula is C20H16BrNO5. The van der Waals surface area contributed by atoms with Crippen molar-refractivity contribution in [3.8, 4) is 28.7 Å². The number of rotatable bonds is 2. The Morgan fingerprint density at radius 3 is 2.59 bits per heavy atom. The van der Waals surface area contributed by atoms with Gasteiger partial charge in [0.05, 0.1) is 19.6 Å². The van der Waals surface area contributed by atoms with Crippen LogP contribution in [0, 0.1) is 0 Å². The number of nitrogens with zero attached hydrogens (tertiary/aromatic N) is 1. The van der Waals surface area contributed by atoms with E-state index in [1.54, 1.807) is 13.2 Å². The normalized spacial score (nSPS) is 12.4. The summed E-state index contributed by atoms with van der Waals surface area (Å²) in [5, 5.41) is 13.9. The molecule has 2 aromatic carbocycles. The Hall–Kier alpha value is -2.93. The van der Waals surface area contributed by atoms with Crippen molar-refractivity contribution in [3.05, 3.63) is 42.7 Å². The maximum absolute atomic E-state index is 10.5. The summed E-state index contributed by atoms with van der Waals surface area (Å²) >= 11 is 0. The molecule has 1 aliphatic rings. The van der Waals surface area contributed by atoms with Crippen LogP contribution in [0.4, 0.5) is 0 Å². The van der Waals surface area contributed by atoms with Crippen molar-refractivity contribution < 1.29 is 45.4 Å². The van der Waals surface area contributed by atoms with Crippen LogP contribution in [0.25, 0.3) is 27.1 Å². The average molecular weight is 430 g/mol. The van der Waals surface area contributed by atoms with Gasteiger partial charge in [-0.2, -0.15) is 4.40 Å². The standard InChI is InChI=1S/C20H15NO5.BrH/c1-23-15-4-3-11-7-14-18-12(5-6-21(14)9-13(11)19(15)22)16(24-2)8-17-20(18)26-10-25-17;/h3-9H,10H2,1-2H3;1H. The van der Waals surface area contributed by atoms with Gasteiger partial charge in [0.15, 0.2) is 35.4 Å². The third-order valence-electron chi connectivity index (χ3n) is 4.82. The lowest BCUT2D eigenvalue weighted by Crippen LogP contribution is -3.00. The molecule has 0 amide bonds. The van der Waals surface area contributed by atoms with Crippen molar-refractivity contribution in [3.63, 3.8) is 0 Å². The van der Waals surface area contributed by atoms with Crippen molar-refractivity contribution >= 4 is 27.1 Å². The van der Waals surface area contributed by atoms with Gasteiger partial charge >= 0.3 is 0 Å². The third kappa shape index (κ3) is 2.42. The van der Waals surface area contributed by atoms with Gasteiger partial charge in [-0.1, -0.05) is 0 Å². The number of phenols is 1. The van der Waals surface area contributed by atoms with Gasteiger partial charge in [0, 0.05) is 23.6 Å². The van der Waals surface area contributed by atoms with Crippen LogP contribution in [-0.4, -0.2) is 26.1 Å². The molecule has 0 saturated carbocycles. The molecule has 0 bridgehead atoms. The van der Waals surface area contributed by atoms with Crippen molar-refractivity contribution in [2.45, 2.75) is 0 Å². The molecule has 27 heavy (non-hydrogen) atoms. The highest BCUT2D eigenvalue weighted by Crippen LogP contribution is 2.45. The number of phenolic OH excluding ortho intramolecular Hbond substituents is 1. The van der Waals surface area contributed by atoms with Gasteiger partial charge in [0.25, 0.3) is 0 Å². The number of aromatic hydroxyl groups is 1. The van der Waals surface area contributed by atoms with Crippen LogP contribution < -0.4 is 40.3 Å². The quantitative estimate of drug-likeness (QED) is 0.280. The SMILES string of the molecule is COc1ccc2cc3c4c5c(cc(OC)c4cc[n+]3cc2c1O)OCO5.[Br-]. The van der Waals surface area contributed by atoms with Gasteiger partial charge in [-0.25, -0.2) is 0 Å². The zero-order chi connectivity index (χ0) is 17.8. The van der Waals surface area contributed by atoms with Gasteiger partial charge in [-0.3, -0.25) is 0 Å². The Morgan fingerprint density at radius 2 is 1.81 bits per heavy atom. The van der Waals surface area contributed by atoms with Crippen LogP contribution in [0.2, 0.25) is 0 Å². The Kier molecular flexibility index (Phi) is 4.11. The maximum atomic E-state index is 10.5. The molecule has 0 atom stereocenters. The number of hydrogen-bond acceptors (Lipinski definition) is 5. The summed E-state index contributed by atoms with van der Waals surface area (Å²) < 4.78 is 24.0. The molecule has 0 fully saturated rings. The van der Waals surface area contributed by atoms with Crippen molar-refractivity contribution in [1.82, 2.24) is 0 Å². The summed E-state index contributed by atoms with van der Waals surface area (Å²) in [6.45, 7) is 0.185. The minimum atomic E-state index is 0. The van der Waals surface area contributed by atoms with Gasteiger partial charge in [-0.05, 0) is 17.5 Å². The molecule has 1 aliphatic heterocycles. The Labute approximate surface area is 165 Å². The number of aromatic nitrogens is 1. The van der Waals surface area contributed by atoms with Crippen molar-refractivity contribution in [2.75, 3.05) is 21.0 Å². The van der Waals surface area contributed by atoms with Crippen LogP contribution in [0.1, 0.15) is 0 Å². The smallest absolute Gasteiger partial charge is 0.231 e. The first-order valence-electron chi connectivity index (χ1n) is 8.15. The second kappa shape index (κ2) is 6.35. The lowest BCUT2D eigenvalue weighted by atomic mass is 10.0. The zero-order valence-corrected chi connectivity index (χ0v) is 16.2. The lowest BCUT2D eigenvalue weighted by molar-refractivity contribution is -0.509. The van der Waals surface area contributed by atoms with Gasteiger partial charge in [0.1, 0.15) is 11.1 Å². The summed E-state index contributed by atoms with van der Waals surface area (Å²) in [5.74, 6) is 2.66. The largest absolute Gasteiger partial charge is 1.00 e. The topological polar surface area (TPSA) is 61.3 Å². The summed E-state index contributed by atoms with van der Waals surface area (Å²) in [6, 6.07) is 9.50. The highest BCUT2D eigenvalue weighted by molar-refractivity contribution is 6.06. The first-order valence-corrected chi connectivity index (χ1v) is 8.15. The fourth-order valence-corrected chi connectivity index (χ4v) is 3.56. The molecule has 7 heteroatoms. The van der Waals surface area contributed by atoms with E-state index in [9.17, 15) is 5.11 Å². The molecule has 0 radical (unpaired) electrons. The van der Waals surface area contributed by atoms with E-state index >= 15 is 0 Å². The fraction of sp³-hybridized carbons (Fsp3) is 0.150. The number of methoxy groups -OCH3 is 2. The zero-order valence-electron chi connectivity index (χ0n) is 14.7. The van der Waals surface area contributed by atoms with Crippen LogP contribution >= 0.6 is 0 Å². The lowest BCUT2D eigenvalue weighted by Gasteiger charge is -2.09. The first kappa shape index (κ1) is 17.5. The van der Waals surface area contributed by atoms with E-state index < -0.39 is 0 Å². The maximum Gasteiger partial charge on any atom is 0.231 e. The molecule has 0 saturated heterocycles. The Balaban J connectivity index is 0.00000180. The minimum absolute atomic E-state index is 0. The summed E-state index contributed by atoms with van der Waals surface area (Å²) in [6.07, 6.45) is 3.81. The van der Waals surface area contributed by atoms with Crippen LogP contribution in [0.15, 0.2) is 42.7 Å². The first-order chi connectivity index (χ1) is 12.7. The fourth-order valence-electron chi connectivity index (χ4n) is 3.56. The summed E-state index contributed by atoms with van der Waals surface area (Å²) in [7, 11) is 3.18. The molecule has 138 valence electrons. The number of halogens is 1. The number of pyridine rings is 2. The van der Waals surface area contributed by atoms with Crippen LogP contribution in [0.5, 0.6) is 28.7 Å². The summed E-state index contributed by atoms with van der Waals surface area (Å²) in [4.78, 5) is 0. The second-order valence-electron chi connectivity index (χ2n) is 6.10. The molecule has 6 nitrogen and oxygen atoms in total. The monoisotopic (exact) mass is 429 g/mol. The Morgan fingerprint density at radius 1 is 1.00 bits per heavy atom. The average Bonchev–Trinajstić information content (AvgIpc) is 3.14. The third-order valence-corrected chi connectivity index (χ3v) is 4.82. The molecule has 5 rings (SSSR count). The predicted octanol–water partition coefficient (Wildman–Crippen LogP) is 0.187. The molecule has 4 aromatic rings. The Bertz CT molecular complexity index is 1210. The molecule has 3 heterocycles. The number of benzene rings is 2. The van der Waals surface area contributed by atoms with E-state index in [0.29, 0.717) is 22.6 Å². The van der Waals surface area contributed by atoms with E-state index in [1.807, 2.05) is 41.1 Å². The van der Waals surface area contributed by atoms with Crippen LogP contribution in [0.3, 0.4) is 0 Å². The van der Waals surface area contributed by atoms with Crippen LogP contribution in [-0.2, 0) is 0 Å². The molecular weight excluding hydrogens is 414 g/mol. The molecule has 0 unspecified atom stereocenters.